The van der Waals surface area contributed by atoms with Crippen molar-refractivity contribution in [2.75, 3.05) is 18.6 Å². The lowest BCUT2D eigenvalue weighted by Crippen LogP contribution is -2.45. The summed E-state index contributed by atoms with van der Waals surface area (Å²) in [5.74, 6) is 1.42. The van der Waals surface area contributed by atoms with Crippen LogP contribution in [0.2, 0.25) is 0 Å². The zero-order valence-corrected chi connectivity index (χ0v) is 12.7. The maximum absolute atomic E-state index is 11.9. The number of carbonyl (C=O) groups excluding carboxylic acids is 1. The van der Waals surface area contributed by atoms with E-state index >= 15 is 0 Å². The van der Waals surface area contributed by atoms with Gasteiger partial charge in [0.2, 0.25) is 5.91 Å². The number of unbranched alkanes of at least 4 members (excludes halogenated alkanes) is 2. The summed E-state index contributed by atoms with van der Waals surface area (Å²) in [5.41, 5.74) is 0. The molecule has 3 nitrogen and oxygen atoms in total. The lowest BCUT2D eigenvalue weighted by molar-refractivity contribution is -0.123. The van der Waals surface area contributed by atoms with Crippen molar-refractivity contribution < 1.29 is 4.79 Å². The van der Waals surface area contributed by atoms with Crippen molar-refractivity contribution in [2.24, 2.45) is 0 Å². The van der Waals surface area contributed by atoms with Crippen LogP contribution in [0.25, 0.3) is 0 Å². The molecule has 1 saturated carbocycles. The van der Waals surface area contributed by atoms with Crippen LogP contribution in [0.4, 0.5) is 0 Å². The van der Waals surface area contributed by atoms with Gasteiger partial charge in [-0.2, -0.15) is 11.8 Å². The fraction of sp³-hybridized carbons (Fsp3) is 0.929. The van der Waals surface area contributed by atoms with Crippen molar-refractivity contribution in [3.63, 3.8) is 0 Å². The summed E-state index contributed by atoms with van der Waals surface area (Å²) in [5, 5.41) is 6.45. The maximum atomic E-state index is 11.9. The smallest absolute Gasteiger partial charge is 0.237 e. The quantitative estimate of drug-likeness (QED) is 0.634. The van der Waals surface area contributed by atoms with E-state index in [1.165, 1.54) is 37.9 Å². The first kappa shape index (κ1) is 15.8. The van der Waals surface area contributed by atoms with E-state index in [9.17, 15) is 4.79 Å². The molecular formula is C14H28N2OS. The molecule has 1 aliphatic rings. The highest BCUT2D eigenvalue weighted by Gasteiger charge is 2.19. The van der Waals surface area contributed by atoms with Crippen LogP contribution in [0.5, 0.6) is 0 Å². The van der Waals surface area contributed by atoms with Crippen LogP contribution < -0.4 is 10.6 Å². The Hall–Kier alpha value is -0.220. The molecule has 0 aromatic rings. The number of hydrogen-bond donors (Lipinski definition) is 2. The van der Waals surface area contributed by atoms with Gasteiger partial charge in [-0.05, 0) is 51.2 Å². The average molecular weight is 272 g/mol. The van der Waals surface area contributed by atoms with Gasteiger partial charge < -0.3 is 10.6 Å². The van der Waals surface area contributed by atoms with Crippen LogP contribution in [0.3, 0.4) is 0 Å². The molecular weight excluding hydrogens is 244 g/mol. The molecule has 1 aliphatic carbocycles. The number of nitrogens with one attached hydrogen (secondary N) is 2. The molecule has 0 bridgehead atoms. The van der Waals surface area contributed by atoms with E-state index in [1.54, 1.807) is 0 Å². The Morgan fingerprint density at radius 1 is 1.28 bits per heavy atom. The monoisotopic (exact) mass is 272 g/mol. The van der Waals surface area contributed by atoms with Gasteiger partial charge in [0.1, 0.15) is 0 Å². The first-order chi connectivity index (χ1) is 8.74. The molecule has 4 heteroatoms. The van der Waals surface area contributed by atoms with Crippen molar-refractivity contribution >= 4 is 17.7 Å². The maximum Gasteiger partial charge on any atom is 0.237 e. The molecule has 1 unspecified atom stereocenters. The number of thioether (sulfide) groups is 1. The number of hydrogen-bond acceptors (Lipinski definition) is 3. The summed E-state index contributed by atoms with van der Waals surface area (Å²) in [6.45, 7) is 2.92. The molecule has 1 atom stereocenters. The Bertz CT molecular complexity index is 230. The lowest BCUT2D eigenvalue weighted by atomic mass is 10.2. The summed E-state index contributed by atoms with van der Waals surface area (Å²) in [4.78, 5) is 11.9. The normalized spacial score (nSPS) is 17.9. The highest BCUT2D eigenvalue weighted by Crippen LogP contribution is 2.17. The predicted octanol–water partition coefficient (Wildman–Crippen LogP) is 2.56. The minimum absolute atomic E-state index is 0.0499. The van der Waals surface area contributed by atoms with Gasteiger partial charge in [-0.3, -0.25) is 4.79 Å². The first-order valence-corrected chi connectivity index (χ1v) is 8.66. The van der Waals surface area contributed by atoms with Crippen LogP contribution in [-0.4, -0.2) is 36.5 Å². The van der Waals surface area contributed by atoms with Crippen LogP contribution in [0.1, 0.15) is 51.9 Å². The van der Waals surface area contributed by atoms with Crippen LogP contribution in [0, 0.1) is 0 Å². The molecule has 0 aromatic carbocycles. The van der Waals surface area contributed by atoms with Gasteiger partial charge in [0.25, 0.3) is 0 Å². The predicted molar refractivity (Wildman–Crippen MR) is 80.1 cm³/mol. The molecule has 0 aromatic heterocycles. The summed E-state index contributed by atoms with van der Waals surface area (Å²) < 4.78 is 0. The Labute approximate surface area is 116 Å². The fourth-order valence-electron chi connectivity index (χ4n) is 2.36. The highest BCUT2D eigenvalue weighted by molar-refractivity contribution is 7.98. The van der Waals surface area contributed by atoms with Crippen LogP contribution >= 0.6 is 11.8 Å². The van der Waals surface area contributed by atoms with Crippen molar-refractivity contribution in [2.45, 2.75) is 64.0 Å². The van der Waals surface area contributed by atoms with E-state index < -0.39 is 0 Å². The third kappa shape index (κ3) is 6.64. The Kier molecular flexibility index (Phi) is 8.51. The van der Waals surface area contributed by atoms with E-state index in [2.05, 4.69) is 16.9 Å². The van der Waals surface area contributed by atoms with Gasteiger partial charge in [0.05, 0.1) is 6.04 Å². The minimum atomic E-state index is -0.0499. The second-order valence-electron chi connectivity index (χ2n) is 5.22. The third-order valence-corrected chi connectivity index (χ3v) is 4.27. The molecule has 1 amide bonds. The largest absolute Gasteiger partial charge is 0.352 e. The molecule has 0 radical (unpaired) electrons. The van der Waals surface area contributed by atoms with Gasteiger partial charge in [0, 0.05) is 6.04 Å². The molecule has 106 valence electrons. The zero-order chi connectivity index (χ0) is 13.2. The third-order valence-electron chi connectivity index (χ3n) is 3.57. The van der Waals surface area contributed by atoms with Gasteiger partial charge in [-0.15, -0.1) is 0 Å². The van der Waals surface area contributed by atoms with E-state index in [4.69, 9.17) is 0 Å². The van der Waals surface area contributed by atoms with Crippen LogP contribution in [0.15, 0.2) is 0 Å². The number of carbonyl (C=O) groups is 1. The number of amides is 1. The fourth-order valence-corrected chi connectivity index (χ4v) is 2.85. The summed E-state index contributed by atoms with van der Waals surface area (Å²) in [6.07, 6.45) is 10.7. The number of rotatable bonds is 9. The van der Waals surface area contributed by atoms with Crippen molar-refractivity contribution in [1.29, 1.82) is 0 Å². The van der Waals surface area contributed by atoms with Gasteiger partial charge >= 0.3 is 0 Å². The molecule has 18 heavy (non-hydrogen) atoms. The van der Waals surface area contributed by atoms with Gasteiger partial charge in [-0.1, -0.05) is 19.3 Å². The summed E-state index contributed by atoms with van der Waals surface area (Å²) >= 11 is 1.90. The molecule has 1 rings (SSSR count). The molecule has 0 heterocycles. The molecule has 1 fully saturated rings. The second kappa shape index (κ2) is 9.68. The lowest BCUT2D eigenvalue weighted by Gasteiger charge is -2.17. The second-order valence-corrected chi connectivity index (χ2v) is 6.20. The van der Waals surface area contributed by atoms with Crippen molar-refractivity contribution in [3.8, 4) is 0 Å². The van der Waals surface area contributed by atoms with Crippen molar-refractivity contribution in [3.05, 3.63) is 0 Å². The van der Waals surface area contributed by atoms with Gasteiger partial charge in [-0.25, -0.2) is 0 Å². The first-order valence-electron chi connectivity index (χ1n) is 7.26. The van der Waals surface area contributed by atoms with Crippen LogP contribution in [-0.2, 0) is 4.79 Å². The van der Waals surface area contributed by atoms with Gasteiger partial charge in [0.15, 0.2) is 0 Å². The Morgan fingerprint density at radius 3 is 2.67 bits per heavy atom. The van der Waals surface area contributed by atoms with E-state index in [-0.39, 0.29) is 11.9 Å². The van der Waals surface area contributed by atoms with Crippen molar-refractivity contribution in [1.82, 2.24) is 10.6 Å². The molecule has 0 aliphatic heterocycles. The average Bonchev–Trinajstić information content (AvgIpc) is 2.86. The molecule has 2 N–H and O–H groups in total. The topological polar surface area (TPSA) is 41.1 Å². The zero-order valence-electron chi connectivity index (χ0n) is 11.8. The van der Waals surface area contributed by atoms with E-state index in [1.807, 2.05) is 18.7 Å². The van der Waals surface area contributed by atoms with E-state index in [0.717, 1.165) is 19.4 Å². The Balaban J connectivity index is 2.00. The summed E-state index contributed by atoms with van der Waals surface area (Å²) in [6, 6.07) is 0.384. The summed E-state index contributed by atoms with van der Waals surface area (Å²) in [7, 11) is 0. The highest BCUT2D eigenvalue weighted by atomic mass is 32.2. The molecule has 0 spiro atoms. The standard InChI is InChI=1S/C14H28N2OS/c1-12(15-10-6-3-7-11-18-2)14(17)16-13-8-4-5-9-13/h12-13,15H,3-11H2,1-2H3,(H,16,17). The SMILES string of the molecule is CSCCCCCNC(C)C(=O)NC1CCCC1. The minimum Gasteiger partial charge on any atom is -0.352 e. The van der Waals surface area contributed by atoms with E-state index in [0.29, 0.717) is 6.04 Å². The molecule has 0 saturated heterocycles. The Morgan fingerprint density at radius 2 is 2.00 bits per heavy atom.